The molecule has 0 spiro atoms. The fourth-order valence-corrected chi connectivity index (χ4v) is 2.16. The normalized spacial score (nSPS) is 18.8. The molecule has 1 aliphatic heterocycles. The smallest absolute Gasteiger partial charge is 0.255 e. The number of amides is 1. The monoisotopic (exact) mass is 263 g/mol. The Labute approximate surface area is 113 Å². The molecule has 104 valence electrons. The number of carbonyl (C=O) groups excluding carboxylic acids is 1. The van der Waals surface area contributed by atoms with Crippen molar-refractivity contribution in [3.63, 3.8) is 0 Å². The molecule has 0 aromatic heterocycles. The van der Waals surface area contributed by atoms with Crippen molar-refractivity contribution < 1.29 is 9.53 Å². The van der Waals surface area contributed by atoms with Crippen LogP contribution < -0.4 is 21.1 Å². The summed E-state index contributed by atoms with van der Waals surface area (Å²) in [5.74, 6) is 0.186. The molecule has 19 heavy (non-hydrogen) atoms. The molecule has 5 nitrogen and oxygen atoms in total. The van der Waals surface area contributed by atoms with Crippen molar-refractivity contribution in [1.29, 1.82) is 0 Å². The molecule has 1 heterocycles. The van der Waals surface area contributed by atoms with Crippen molar-refractivity contribution >= 4 is 11.6 Å². The number of nitrogens with one attached hydrogen (secondary N) is 2. The van der Waals surface area contributed by atoms with Crippen LogP contribution in [-0.2, 0) is 4.79 Å². The predicted octanol–water partition coefficient (Wildman–Crippen LogP) is 1.10. The van der Waals surface area contributed by atoms with Crippen molar-refractivity contribution in [2.75, 3.05) is 25.0 Å². The first-order valence-electron chi connectivity index (χ1n) is 6.72. The molecular formula is C14H21N3O2. The van der Waals surface area contributed by atoms with Crippen LogP contribution in [0.5, 0.6) is 5.75 Å². The van der Waals surface area contributed by atoms with Crippen molar-refractivity contribution in [1.82, 2.24) is 5.32 Å². The maximum atomic E-state index is 10.6. The molecule has 1 aromatic rings. The second kappa shape index (κ2) is 6.99. The van der Waals surface area contributed by atoms with Crippen molar-refractivity contribution in [2.45, 2.75) is 25.3 Å². The number of benzene rings is 1. The van der Waals surface area contributed by atoms with Gasteiger partial charge in [0.25, 0.3) is 5.91 Å². The molecule has 0 radical (unpaired) electrons. The zero-order chi connectivity index (χ0) is 13.5. The van der Waals surface area contributed by atoms with Gasteiger partial charge in [-0.05, 0) is 43.7 Å². The van der Waals surface area contributed by atoms with Crippen molar-refractivity contribution in [2.24, 2.45) is 5.73 Å². The predicted molar refractivity (Wildman–Crippen MR) is 75.3 cm³/mol. The van der Waals surface area contributed by atoms with Gasteiger partial charge in [-0.1, -0.05) is 6.42 Å². The van der Waals surface area contributed by atoms with Gasteiger partial charge in [0.15, 0.2) is 6.61 Å². The number of nitrogens with two attached hydrogens (primary N) is 1. The highest BCUT2D eigenvalue weighted by Crippen LogP contribution is 2.16. The lowest BCUT2D eigenvalue weighted by Crippen LogP contribution is -2.39. The van der Waals surface area contributed by atoms with Gasteiger partial charge in [0.1, 0.15) is 5.75 Å². The highest BCUT2D eigenvalue weighted by atomic mass is 16.5. The Bertz CT molecular complexity index is 400. The largest absolute Gasteiger partial charge is 0.484 e. The van der Waals surface area contributed by atoms with Crippen molar-refractivity contribution in [3.8, 4) is 5.75 Å². The van der Waals surface area contributed by atoms with E-state index in [1.807, 2.05) is 24.3 Å². The van der Waals surface area contributed by atoms with Gasteiger partial charge in [0, 0.05) is 18.3 Å². The van der Waals surface area contributed by atoms with Gasteiger partial charge < -0.3 is 21.1 Å². The number of hydrogen-bond donors (Lipinski definition) is 3. The summed E-state index contributed by atoms with van der Waals surface area (Å²) in [6, 6.07) is 8.11. The van der Waals surface area contributed by atoms with Crippen LogP contribution in [0.4, 0.5) is 5.69 Å². The van der Waals surface area contributed by atoms with Crippen LogP contribution in [0.3, 0.4) is 0 Å². The molecule has 1 unspecified atom stereocenters. The first-order valence-corrected chi connectivity index (χ1v) is 6.72. The molecule has 4 N–H and O–H groups in total. The summed E-state index contributed by atoms with van der Waals surface area (Å²) in [6.07, 6.45) is 3.81. The molecule has 1 aromatic carbocycles. The third kappa shape index (κ3) is 4.79. The fourth-order valence-electron chi connectivity index (χ4n) is 2.16. The highest BCUT2D eigenvalue weighted by Gasteiger charge is 2.11. The summed E-state index contributed by atoms with van der Waals surface area (Å²) in [5.41, 5.74) is 6.07. The lowest BCUT2D eigenvalue weighted by molar-refractivity contribution is -0.119. The minimum atomic E-state index is -0.467. The Morgan fingerprint density at radius 2 is 2.16 bits per heavy atom. The Morgan fingerprint density at radius 1 is 1.37 bits per heavy atom. The lowest BCUT2D eigenvalue weighted by atomic mass is 10.1. The average molecular weight is 263 g/mol. The summed E-state index contributed by atoms with van der Waals surface area (Å²) in [4.78, 5) is 10.6. The fraction of sp³-hybridized carbons (Fsp3) is 0.500. The molecule has 1 amide bonds. The van der Waals surface area contributed by atoms with E-state index in [2.05, 4.69) is 10.6 Å². The summed E-state index contributed by atoms with van der Waals surface area (Å²) in [7, 11) is 0. The molecule has 1 saturated heterocycles. The number of carbonyl (C=O) groups is 1. The van der Waals surface area contributed by atoms with Gasteiger partial charge in [0.2, 0.25) is 0 Å². The Kier molecular flexibility index (Phi) is 5.03. The van der Waals surface area contributed by atoms with Gasteiger partial charge >= 0.3 is 0 Å². The van der Waals surface area contributed by atoms with E-state index in [1.54, 1.807) is 0 Å². The van der Waals surface area contributed by atoms with E-state index in [1.165, 1.54) is 19.3 Å². The van der Waals surface area contributed by atoms with Crippen LogP contribution in [0.1, 0.15) is 19.3 Å². The first kappa shape index (κ1) is 13.7. The third-order valence-corrected chi connectivity index (χ3v) is 3.20. The van der Waals surface area contributed by atoms with Gasteiger partial charge in [-0.2, -0.15) is 0 Å². The van der Waals surface area contributed by atoms with Crippen LogP contribution in [-0.4, -0.2) is 31.6 Å². The number of primary amides is 1. The third-order valence-electron chi connectivity index (χ3n) is 3.20. The number of anilines is 1. The van der Waals surface area contributed by atoms with Crippen LogP contribution in [0.25, 0.3) is 0 Å². The first-order chi connectivity index (χ1) is 9.24. The second-order valence-electron chi connectivity index (χ2n) is 4.81. The number of rotatable bonds is 6. The maximum Gasteiger partial charge on any atom is 0.255 e. The van der Waals surface area contributed by atoms with Crippen molar-refractivity contribution in [3.05, 3.63) is 24.3 Å². The Hall–Kier alpha value is -1.75. The topological polar surface area (TPSA) is 76.4 Å². The zero-order valence-corrected chi connectivity index (χ0v) is 11.0. The summed E-state index contributed by atoms with van der Waals surface area (Å²) < 4.78 is 5.20. The minimum Gasteiger partial charge on any atom is -0.484 e. The van der Waals surface area contributed by atoms with E-state index in [4.69, 9.17) is 10.5 Å². The maximum absolute atomic E-state index is 10.6. The summed E-state index contributed by atoms with van der Waals surface area (Å²) >= 11 is 0. The molecular weight excluding hydrogens is 242 g/mol. The molecule has 0 aliphatic carbocycles. The van der Waals surface area contributed by atoms with Gasteiger partial charge in [-0.15, -0.1) is 0 Å². The van der Waals surface area contributed by atoms with Crippen LogP contribution >= 0.6 is 0 Å². The standard InChI is InChI=1S/C14H21N3O2/c15-14(18)10-19-13-6-4-11(5-7-13)17-9-12-3-1-2-8-16-12/h4-7,12,16-17H,1-3,8-10H2,(H2,15,18). The highest BCUT2D eigenvalue weighted by molar-refractivity contribution is 5.75. The van der Waals surface area contributed by atoms with E-state index in [0.29, 0.717) is 11.8 Å². The number of ether oxygens (including phenoxy) is 1. The Morgan fingerprint density at radius 3 is 2.79 bits per heavy atom. The lowest BCUT2D eigenvalue weighted by Gasteiger charge is -2.24. The van der Waals surface area contributed by atoms with Gasteiger partial charge in [-0.25, -0.2) is 0 Å². The SMILES string of the molecule is NC(=O)COc1ccc(NCC2CCCCN2)cc1. The number of hydrogen-bond acceptors (Lipinski definition) is 4. The molecule has 1 aliphatic rings. The second-order valence-corrected chi connectivity index (χ2v) is 4.81. The van der Waals surface area contributed by atoms with Gasteiger partial charge in [0.05, 0.1) is 0 Å². The Balaban J connectivity index is 1.76. The number of piperidine rings is 1. The van der Waals surface area contributed by atoms with E-state index >= 15 is 0 Å². The molecule has 1 atom stereocenters. The van der Waals surface area contributed by atoms with Crippen LogP contribution in [0.2, 0.25) is 0 Å². The average Bonchev–Trinajstić information content (AvgIpc) is 2.45. The van der Waals surface area contributed by atoms with E-state index in [9.17, 15) is 4.79 Å². The quantitative estimate of drug-likeness (QED) is 0.718. The molecule has 2 rings (SSSR count). The molecule has 0 bridgehead atoms. The summed E-state index contributed by atoms with van der Waals surface area (Å²) in [5, 5.41) is 6.89. The molecule has 1 fully saturated rings. The van der Waals surface area contributed by atoms with E-state index < -0.39 is 5.91 Å². The summed E-state index contributed by atoms with van der Waals surface area (Å²) in [6.45, 7) is 1.96. The van der Waals surface area contributed by atoms with Crippen LogP contribution in [0, 0.1) is 0 Å². The van der Waals surface area contributed by atoms with Gasteiger partial charge in [-0.3, -0.25) is 4.79 Å². The van der Waals surface area contributed by atoms with E-state index in [0.717, 1.165) is 18.8 Å². The molecule has 5 heteroatoms. The minimum absolute atomic E-state index is 0.0846. The molecule has 0 saturated carbocycles. The van der Waals surface area contributed by atoms with Crippen LogP contribution in [0.15, 0.2) is 24.3 Å². The zero-order valence-electron chi connectivity index (χ0n) is 11.0. The van der Waals surface area contributed by atoms with E-state index in [-0.39, 0.29) is 6.61 Å².